The number of nitrogens with one attached hydrogen (secondary N) is 3. The van der Waals surface area contributed by atoms with Crippen molar-refractivity contribution in [1.29, 1.82) is 0 Å². The summed E-state index contributed by atoms with van der Waals surface area (Å²) in [6.45, 7) is 8.23. The summed E-state index contributed by atoms with van der Waals surface area (Å²) in [5.41, 5.74) is -0.00491. The van der Waals surface area contributed by atoms with Crippen LogP contribution >= 0.6 is 0 Å². The Hall–Kier alpha value is -0.900. The molecule has 0 spiro atoms. The number of aliphatic imine (C=N–C) groups is 1. The third kappa shape index (κ3) is 9.16. The molecule has 1 rings (SSSR count). The number of hydrogen-bond acceptors (Lipinski definition) is 5. The summed E-state index contributed by atoms with van der Waals surface area (Å²) in [5, 5.41) is 6.20. The van der Waals surface area contributed by atoms with Gasteiger partial charge in [-0.25, -0.2) is 13.1 Å². The predicted molar refractivity (Wildman–Crippen MR) is 105 cm³/mol. The fourth-order valence-corrected chi connectivity index (χ4v) is 3.67. The summed E-state index contributed by atoms with van der Waals surface area (Å²) < 4.78 is 37.9. The number of methoxy groups -OCH3 is 1. The number of hydrogen-bond donors (Lipinski definition) is 3. The van der Waals surface area contributed by atoms with Gasteiger partial charge in [-0.15, -0.1) is 0 Å². The molecule has 0 amide bonds. The average molecular weight is 393 g/mol. The van der Waals surface area contributed by atoms with Gasteiger partial charge in [-0.1, -0.05) is 20.8 Å². The van der Waals surface area contributed by atoms with Crippen LogP contribution in [0.3, 0.4) is 0 Å². The van der Waals surface area contributed by atoms with Crippen LogP contribution in [-0.4, -0.2) is 72.7 Å². The molecule has 0 bridgehead atoms. The first kappa shape index (κ1) is 23.1. The van der Waals surface area contributed by atoms with E-state index < -0.39 is 10.0 Å². The van der Waals surface area contributed by atoms with Crippen LogP contribution in [0.1, 0.15) is 40.0 Å². The van der Waals surface area contributed by atoms with Gasteiger partial charge in [0.25, 0.3) is 0 Å². The van der Waals surface area contributed by atoms with Crippen LogP contribution in [0.25, 0.3) is 0 Å². The molecule has 2 atom stereocenters. The molecule has 1 aliphatic heterocycles. The van der Waals surface area contributed by atoms with Crippen molar-refractivity contribution in [1.82, 2.24) is 15.4 Å². The lowest BCUT2D eigenvalue weighted by molar-refractivity contribution is 0.0200. The maximum Gasteiger partial charge on any atom is 0.213 e. The van der Waals surface area contributed by atoms with Crippen LogP contribution in [0.15, 0.2) is 4.99 Å². The van der Waals surface area contributed by atoms with Crippen molar-refractivity contribution < 1.29 is 17.9 Å². The number of guanidine groups is 1. The van der Waals surface area contributed by atoms with E-state index in [-0.39, 0.29) is 29.9 Å². The van der Waals surface area contributed by atoms with E-state index in [0.717, 1.165) is 19.3 Å². The molecule has 0 radical (unpaired) electrons. The molecule has 154 valence electrons. The predicted octanol–water partition coefficient (Wildman–Crippen LogP) is 0.701. The van der Waals surface area contributed by atoms with E-state index in [1.54, 1.807) is 14.2 Å². The Morgan fingerprint density at radius 1 is 1.31 bits per heavy atom. The number of ether oxygens (including phenoxy) is 2. The van der Waals surface area contributed by atoms with Crippen LogP contribution in [-0.2, 0) is 19.5 Å². The van der Waals surface area contributed by atoms with Gasteiger partial charge in [0.1, 0.15) is 0 Å². The minimum Gasteiger partial charge on any atom is -0.379 e. The number of nitrogens with zero attached hydrogens (tertiary/aromatic N) is 1. The Labute approximate surface area is 158 Å². The molecule has 2 unspecified atom stereocenters. The van der Waals surface area contributed by atoms with Crippen molar-refractivity contribution in [3.63, 3.8) is 0 Å². The average Bonchev–Trinajstić information content (AvgIpc) is 2.58. The Kier molecular flexibility index (Phi) is 9.84. The molecule has 0 saturated carbocycles. The lowest BCUT2D eigenvalue weighted by Gasteiger charge is -2.30. The number of sulfonamides is 1. The molecule has 26 heavy (non-hydrogen) atoms. The molecule has 1 fully saturated rings. The van der Waals surface area contributed by atoms with E-state index in [1.165, 1.54) is 0 Å². The quantitative estimate of drug-likeness (QED) is 0.394. The van der Waals surface area contributed by atoms with E-state index in [2.05, 4.69) is 41.1 Å². The fourth-order valence-electron chi connectivity index (χ4n) is 2.72. The highest BCUT2D eigenvalue weighted by Crippen LogP contribution is 2.20. The van der Waals surface area contributed by atoms with Crippen LogP contribution in [0, 0.1) is 5.41 Å². The molecule has 0 aromatic rings. The van der Waals surface area contributed by atoms with Gasteiger partial charge in [0.15, 0.2) is 5.96 Å². The van der Waals surface area contributed by atoms with Gasteiger partial charge >= 0.3 is 0 Å². The summed E-state index contributed by atoms with van der Waals surface area (Å²) in [7, 11) is -0.00723. The fraction of sp³-hybridized carbons (Fsp3) is 0.941. The van der Waals surface area contributed by atoms with Crippen molar-refractivity contribution in [3.05, 3.63) is 0 Å². The maximum absolute atomic E-state index is 12.1. The molecular weight excluding hydrogens is 356 g/mol. The van der Waals surface area contributed by atoms with Crippen molar-refractivity contribution in [2.45, 2.75) is 52.2 Å². The van der Waals surface area contributed by atoms with Crippen molar-refractivity contribution in [2.75, 3.05) is 46.2 Å². The molecule has 0 aromatic heterocycles. The van der Waals surface area contributed by atoms with Gasteiger partial charge in [-0.05, 0) is 24.7 Å². The first-order chi connectivity index (χ1) is 12.2. The Morgan fingerprint density at radius 3 is 2.58 bits per heavy atom. The first-order valence-electron chi connectivity index (χ1n) is 9.24. The normalized spacial score (nSPS) is 20.7. The second-order valence-corrected chi connectivity index (χ2v) is 9.55. The summed E-state index contributed by atoms with van der Waals surface area (Å²) in [6, 6.07) is 0. The molecule has 1 aliphatic rings. The molecule has 3 N–H and O–H groups in total. The molecule has 0 aromatic carbocycles. The van der Waals surface area contributed by atoms with Crippen LogP contribution in [0.5, 0.6) is 0 Å². The van der Waals surface area contributed by atoms with E-state index in [9.17, 15) is 8.42 Å². The zero-order chi connectivity index (χ0) is 19.6. The zero-order valence-corrected chi connectivity index (χ0v) is 17.6. The molecule has 0 aliphatic carbocycles. The molecular formula is C17H36N4O4S. The van der Waals surface area contributed by atoms with Crippen molar-refractivity contribution in [3.8, 4) is 0 Å². The summed E-state index contributed by atoms with van der Waals surface area (Å²) in [6.07, 6.45) is 3.06. The Bertz CT molecular complexity index is 525. The Balaban J connectivity index is 2.32. The SMILES string of the molecule is CN=C(NCCS(=O)(=O)NCC1CCCCO1)NCC(OC)C(C)(C)C. The summed E-state index contributed by atoms with van der Waals surface area (Å²) in [4.78, 5) is 4.12. The zero-order valence-electron chi connectivity index (χ0n) is 16.8. The van der Waals surface area contributed by atoms with Gasteiger partial charge in [-0.3, -0.25) is 4.99 Å². The van der Waals surface area contributed by atoms with E-state index in [1.807, 2.05) is 0 Å². The largest absolute Gasteiger partial charge is 0.379 e. The Morgan fingerprint density at radius 2 is 2.04 bits per heavy atom. The topological polar surface area (TPSA) is 101 Å². The van der Waals surface area contributed by atoms with Gasteiger partial charge in [-0.2, -0.15) is 0 Å². The lowest BCUT2D eigenvalue weighted by atomic mass is 9.89. The van der Waals surface area contributed by atoms with E-state index in [0.29, 0.717) is 25.7 Å². The van der Waals surface area contributed by atoms with Gasteiger partial charge < -0.3 is 20.1 Å². The third-order valence-corrected chi connectivity index (χ3v) is 5.75. The first-order valence-corrected chi connectivity index (χ1v) is 10.9. The summed E-state index contributed by atoms with van der Waals surface area (Å²) in [5.74, 6) is 0.537. The van der Waals surface area contributed by atoms with Crippen LogP contribution < -0.4 is 15.4 Å². The highest BCUT2D eigenvalue weighted by Gasteiger charge is 2.24. The van der Waals surface area contributed by atoms with Gasteiger partial charge in [0, 0.05) is 40.4 Å². The lowest BCUT2D eigenvalue weighted by Crippen LogP contribution is -2.46. The minimum absolute atomic E-state index is 0.00491. The van der Waals surface area contributed by atoms with Crippen LogP contribution in [0.4, 0.5) is 0 Å². The second kappa shape index (κ2) is 11.1. The van der Waals surface area contributed by atoms with Gasteiger partial charge in [0.05, 0.1) is 18.0 Å². The molecule has 1 heterocycles. The number of rotatable bonds is 9. The second-order valence-electron chi connectivity index (χ2n) is 7.63. The highest BCUT2D eigenvalue weighted by molar-refractivity contribution is 7.89. The van der Waals surface area contributed by atoms with Crippen molar-refractivity contribution >= 4 is 16.0 Å². The molecule has 8 nitrogen and oxygen atoms in total. The summed E-state index contributed by atoms with van der Waals surface area (Å²) >= 11 is 0. The minimum atomic E-state index is -3.34. The van der Waals surface area contributed by atoms with Crippen LogP contribution in [0.2, 0.25) is 0 Å². The van der Waals surface area contributed by atoms with E-state index >= 15 is 0 Å². The smallest absolute Gasteiger partial charge is 0.213 e. The van der Waals surface area contributed by atoms with Crippen molar-refractivity contribution in [2.24, 2.45) is 10.4 Å². The maximum atomic E-state index is 12.1. The highest BCUT2D eigenvalue weighted by atomic mass is 32.2. The molecule has 1 saturated heterocycles. The van der Waals surface area contributed by atoms with E-state index in [4.69, 9.17) is 9.47 Å². The third-order valence-electron chi connectivity index (χ3n) is 4.40. The molecule has 9 heteroatoms. The van der Waals surface area contributed by atoms with Gasteiger partial charge in [0.2, 0.25) is 10.0 Å². The standard InChI is InChI=1S/C17H36N4O4S/c1-17(2,3)15(24-5)13-20-16(18-4)19-9-11-26(22,23)21-12-14-8-6-7-10-25-14/h14-15,21H,6-13H2,1-5H3,(H2,18,19,20). The monoisotopic (exact) mass is 392 g/mol.